The van der Waals surface area contributed by atoms with Crippen LogP contribution in [-0.4, -0.2) is 22.4 Å². The lowest BCUT2D eigenvalue weighted by Gasteiger charge is -2.05. The van der Waals surface area contributed by atoms with Gasteiger partial charge in [-0.05, 0) is 55.3 Å². The summed E-state index contributed by atoms with van der Waals surface area (Å²) in [7, 11) is 0. The number of hydrogen-bond donors (Lipinski definition) is 3. The molecule has 21 heavy (non-hydrogen) atoms. The Kier molecular flexibility index (Phi) is 4.23. The van der Waals surface area contributed by atoms with E-state index in [0.29, 0.717) is 11.3 Å². The van der Waals surface area contributed by atoms with Gasteiger partial charge in [-0.1, -0.05) is 6.07 Å². The zero-order chi connectivity index (χ0) is 15.4. The molecule has 0 aliphatic rings. The van der Waals surface area contributed by atoms with Crippen LogP contribution in [0.5, 0.6) is 5.75 Å². The molecule has 0 bridgehead atoms. The third kappa shape index (κ3) is 3.60. The van der Waals surface area contributed by atoms with Crippen molar-refractivity contribution in [1.29, 1.82) is 0 Å². The van der Waals surface area contributed by atoms with E-state index in [0.717, 1.165) is 11.1 Å². The summed E-state index contributed by atoms with van der Waals surface area (Å²) in [6.07, 6.45) is 1.53. The molecule has 5 nitrogen and oxygen atoms in total. The Hall–Kier alpha value is -2.82. The smallest absolute Gasteiger partial charge is 0.335 e. The van der Waals surface area contributed by atoms with Crippen LogP contribution in [0.15, 0.2) is 41.5 Å². The molecule has 0 spiro atoms. The minimum Gasteiger partial charge on any atom is -0.507 e. The highest BCUT2D eigenvalue weighted by Crippen LogP contribution is 2.22. The van der Waals surface area contributed by atoms with E-state index < -0.39 is 5.97 Å². The zero-order valence-electron chi connectivity index (χ0n) is 11.8. The number of benzene rings is 2. The molecule has 0 saturated carbocycles. The van der Waals surface area contributed by atoms with Gasteiger partial charge in [-0.25, -0.2) is 4.79 Å². The number of aromatic hydroxyl groups is 1. The summed E-state index contributed by atoms with van der Waals surface area (Å²) in [6.45, 7) is 3.78. The highest BCUT2D eigenvalue weighted by Gasteiger charge is 2.03. The average Bonchev–Trinajstić information content (AvgIpc) is 2.44. The lowest BCUT2D eigenvalue weighted by Crippen LogP contribution is -1.97. The largest absolute Gasteiger partial charge is 0.507 e. The Morgan fingerprint density at radius 2 is 1.86 bits per heavy atom. The van der Waals surface area contributed by atoms with Crippen LogP contribution < -0.4 is 5.43 Å². The van der Waals surface area contributed by atoms with Gasteiger partial charge in [0.05, 0.1) is 17.5 Å². The van der Waals surface area contributed by atoms with Crippen molar-refractivity contribution in [2.75, 3.05) is 5.43 Å². The first-order valence-corrected chi connectivity index (χ1v) is 6.40. The maximum atomic E-state index is 10.7. The number of aromatic carboxylic acids is 1. The summed E-state index contributed by atoms with van der Waals surface area (Å²) >= 11 is 0. The summed E-state index contributed by atoms with van der Waals surface area (Å²) in [6, 6.07) is 9.97. The van der Waals surface area contributed by atoms with E-state index >= 15 is 0 Å². The lowest BCUT2D eigenvalue weighted by molar-refractivity contribution is 0.0697. The minimum absolute atomic E-state index is 0.201. The maximum absolute atomic E-state index is 10.7. The topological polar surface area (TPSA) is 81.9 Å². The van der Waals surface area contributed by atoms with E-state index in [9.17, 15) is 9.90 Å². The van der Waals surface area contributed by atoms with Gasteiger partial charge in [0.25, 0.3) is 0 Å². The number of anilines is 1. The van der Waals surface area contributed by atoms with Gasteiger partial charge in [0.1, 0.15) is 5.75 Å². The number of rotatable bonds is 4. The van der Waals surface area contributed by atoms with Crippen LogP contribution in [0.25, 0.3) is 0 Å². The molecular weight excluding hydrogens is 268 g/mol. The van der Waals surface area contributed by atoms with Gasteiger partial charge < -0.3 is 10.2 Å². The number of carboxylic acids is 1. The Morgan fingerprint density at radius 1 is 1.19 bits per heavy atom. The molecule has 0 aromatic heterocycles. The number of carboxylic acid groups (broad SMARTS) is 1. The van der Waals surface area contributed by atoms with Crippen molar-refractivity contribution < 1.29 is 15.0 Å². The van der Waals surface area contributed by atoms with Crippen LogP contribution in [0.1, 0.15) is 27.0 Å². The van der Waals surface area contributed by atoms with E-state index in [1.54, 1.807) is 12.1 Å². The van der Waals surface area contributed by atoms with E-state index in [1.807, 2.05) is 26.0 Å². The highest BCUT2D eigenvalue weighted by atomic mass is 16.4. The zero-order valence-corrected chi connectivity index (χ0v) is 11.8. The molecule has 0 fully saturated rings. The third-order valence-electron chi connectivity index (χ3n) is 3.00. The molecule has 0 aliphatic carbocycles. The van der Waals surface area contributed by atoms with Crippen molar-refractivity contribution in [1.82, 2.24) is 0 Å². The van der Waals surface area contributed by atoms with E-state index in [1.165, 1.54) is 18.3 Å². The molecule has 2 aromatic carbocycles. The number of phenols is 1. The highest BCUT2D eigenvalue weighted by molar-refractivity contribution is 5.88. The van der Waals surface area contributed by atoms with Crippen molar-refractivity contribution in [3.63, 3.8) is 0 Å². The predicted molar refractivity (Wildman–Crippen MR) is 82.2 cm³/mol. The van der Waals surface area contributed by atoms with Crippen molar-refractivity contribution in [2.24, 2.45) is 5.10 Å². The monoisotopic (exact) mass is 284 g/mol. The molecule has 0 aliphatic heterocycles. The summed E-state index contributed by atoms with van der Waals surface area (Å²) in [4.78, 5) is 10.7. The van der Waals surface area contributed by atoms with Gasteiger partial charge in [0.2, 0.25) is 0 Å². The summed E-state index contributed by atoms with van der Waals surface area (Å²) in [5, 5.41) is 22.8. The third-order valence-corrected chi connectivity index (χ3v) is 3.00. The number of hydrazone groups is 1. The molecule has 2 rings (SSSR count). The maximum Gasteiger partial charge on any atom is 0.335 e. The molecule has 0 amide bonds. The van der Waals surface area contributed by atoms with Gasteiger partial charge in [0, 0.05) is 5.56 Å². The van der Waals surface area contributed by atoms with Gasteiger partial charge >= 0.3 is 5.97 Å². The Bertz CT molecular complexity index is 691. The number of phenolic OH excluding ortho intramolecular Hbond substituents is 1. The number of aryl methyl sites for hydroxylation is 2. The molecule has 0 unspecified atom stereocenters. The van der Waals surface area contributed by atoms with Crippen molar-refractivity contribution in [2.45, 2.75) is 13.8 Å². The van der Waals surface area contributed by atoms with Gasteiger partial charge in [0.15, 0.2) is 0 Å². The average molecular weight is 284 g/mol. The fourth-order valence-corrected chi connectivity index (χ4v) is 1.95. The standard InChI is InChI=1S/C16H16N2O3/c1-10-7-11(2)15(19)13(8-10)9-17-18-14-5-3-12(4-6-14)16(20)21/h3-9,18-19H,1-2H3,(H,20,21). The van der Waals surface area contributed by atoms with Crippen molar-refractivity contribution >= 4 is 17.9 Å². The van der Waals surface area contributed by atoms with Crippen molar-refractivity contribution in [3.05, 3.63) is 58.7 Å². The molecule has 5 heteroatoms. The molecule has 2 aromatic rings. The predicted octanol–water partition coefficient (Wildman–Crippen LogP) is 3.15. The molecule has 0 saturated heterocycles. The quantitative estimate of drug-likeness (QED) is 0.595. The Morgan fingerprint density at radius 3 is 2.48 bits per heavy atom. The number of nitrogens with zero attached hydrogens (tertiary/aromatic N) is 1. The number of carbonyl (C=O) groups is 1. The summed E-state index contributed by atoms with van der Waals surface area (Å²) < 4.78 is 0. The molecule has 0 radical (unpaired) electrons. The van der Waals surface area contributed by atoms with E-state index in [-0.39, 0.29) is 11.3 Å². The molecular formula is C16H16N2O3. The molecule has 0 atom stereocenters. The summed E-state index contributed by atoms with van der Waals surface area (Å²) in [5.74, 6) is -0.766. The van der Waals surface area contributed by atoms with Crippen LogP contribution in [0.2, 0.25) is 0 Å². The fraction of sp³-hybridized carbons (Fsp3) is 0.125. The van der Waals surface area contributed by atoms with Crippen LogP contribution >= 0.6 is 0 Å². The lowest BCUT2D eigenvalue weighted by atomic mass is 10.1. The van der Waals surface area contributed by atoms with Crippen LogP contribution in [0.4, 0.5) is 5.69 Å². The first-order chi connectivity index (χ1) is 9.97. The van der Waals surface area contributed by atoms with Crippen LogP contribution in [0, 0.1) is 13.8 Å². The molecule has 108 valence electrons. The SMILES string of the molecule is Cc1cc(C)c(O)c(C=NNc2ccc(C(=O)O)cc2)c1. The van der Waals surface area contributed by atoms with Gasteiger partial charge in [-0.15, -0.1) is 0 Å². The molecule has 3 N–H and O–H groups in total. The first-order valence-electron chi connectivity index (χ1n) is 6.40. The molecule has 0 heterocycles. The number of hydrogen-bond acceptors (Lipinski definition) is 4. The van der Waals surface area contributed by atoms with Gasteiger partial charge in [-0.3, -0.25) is 5.43 Å². The van der Waals surface area contributed by atoms with Crippen LogP contribution in [-0.2, 0) is 0 Å². The summed E-state index contributed by atoms with van der Waals surface area (Å²) in [5.41, 5.74) is 6.14. The Labute approximate surface area is 122 Å². The normalized spacial score (nSPS) is 10.8. The fourth-order valence-electron chi connectivity index (χ4n) is 1.95. The second-order valence-corrected chi connectivity index (χ2v) is 4.77. The van der Waals surface area contributed by atoms with Gasteiger partial charge in [-0.2, -0.15) is 5.10 Å². The van der Waals surface area contributed by atoms with E-state index in [2.05, 4.69) is 10.5 Å². The van der Waals surface area contributed by atoms with Crippen LogP contribution in [0.3, 0.4) is 0 Å². The Balaban J connectivity index is 2.10. The van der Waals surface area contributed by atoms with E-state index in [4.69, 9.17) is 5.11 Å². The minimum atomic E-state index is -0.967. The second-order valence-electron chi connectivity index (χ2n) is 4.77. The second kappa shape index (κ2) is 6.09. The number of nitrogens with one attached hydrogen (secondary N) is 1. The first kappa shape index (κ1) is 14.6. The van der Waals surface area contributed by atoms with Crippen molar-refractivity contribution in [3.8, 4) is 5.75 Å².